The van der Waals surface area contributed by atoms with E-state index >= 15 is 0 Å². The van der Waals surface area contributed by atoms with Crippen molar-refractivity contribution in [1.82, 2.24) is 14.7 Å². The van der Waals surface area contributed by atoms with Crippen LogP contribution in [0.25, 0.3) is 0 Å². The van der Waals surface area contributed by atoms with Crippen molar-refractivity contribution in [2.45, 2.75) is 13.1 Å². The highest BCUT2D eigenvalue weighted by Crippen LogP contribution is 2.24. The Kier molecular flexibility index (Phi) is 3.09. The second-order valence-electron chi connectivity index (χ2n) is 4.95. The molecule has 108 valence electrons. The quantitative estimate of drug-likeness (QED) is 0.879. The molecule has 2 amide bonds. The van der Waals surface area contributed by atoms with E-state index in [2.05, 4.69) is 10.4 Å². The van der Waals surface area contributed by atoms with E-state index in [0.29, 0.717) is 18.9 Å². The number of fused-ring (bicyclic) bond motifs is 1. The van der Waals surface area contributed by atoms with Gasteiger partial charge in [-0.3, -0.25) is 10.00 Å². The van der Waals surface area contributed by atoms with Gasteiger partial charge in [-0.05, 0) is 23.3 Å². The van der Waals surface area contributed by atoms with E-state index < -0.39 is 5.97 Å². The Bertz CT molecular complexity index is 723. The number of nitrogens with zero attached hydrogens (tertiary/aromatic N) is 3. The zero-order chi connectivity index (χ0) is 15.0. The third-order valence-corrected chi connectivity index (χ3v) is 3.41. The summed E-state index contributed by atoms with van der Waals surface area (Å²) in [5, 5.41) is 15.8. The van der Waals surface area contributed by atoms with Gasteiger partial charge in [0.2, 0.25) is 0 Å². The van der Waals surface area contributed by atoms with Crippen LogP contribution in [0.4, 0.5) is 10.6 Å². The van der Waals surface area contributed by atoms with Crippen LogP contribution in [0.15, 0.2) is 30.5 Å². The molecule has 7 heteroatoms. The first kappa shape index (κ1) is 13.2. The van der Waals surface area contributed by atoms with Crippen molar-refractivity contribution in [2.75, 3.05) is 5.32 Å². The second kappa shape index (κ2) is 4.93. The summed E-state index contributed by atoms with van der Waals surface area (Å²) in [5.74, 6) is -0.473. The number of carbonyl (C=O) groups excluding carboxylic acids is 1. The van der Waals surface area contributed by atoms with Crippen LogP contribution in [-0.4, -0.2) is 31.8 Å². The molecule has 1 aliphatic heterocycles. The van der Waals surface area contributed by atoms with Gasteiger partial charge in [0.1, 0.15) is 0 Å². The van der Waals surface area contributed by atoms with E-state index in [1.54, 1.807) is 47.1 Å². The number of carboxylic acids is 1. The van der Waals surface area contributed by atoms with Gasteiger partial charge in [-0.15, -0.1) is 0 Å². The normalized spacial score (nSPS) is 13.1. The summed E-state index contributed by atoms with van der Waals surface area (Å²) in [7, 11) is 1.77. The maximum atomic E-state index is 12.2. The average molecular weight is 286 g/mol. The summed E-state index contributed by atoms with van der Waals surface area (Å²) in [5.41, 5.74) is 2.07. The molecule has 3 rings (SSSR count). The highest BCUT2D eigenvalue weighted by Gasteiger charge is 2.24. The maximum Gasteiger partial charge on any atom is 0.335 e. The minimum absolute atomic E-state index is 0.237. The number of hydrogen-bond acceptors (Lipinski definition) is 3. The number of carbonyl (C=O) groups is 2. The number of hydrogen-bond donors (Lipinski definition) is 2. The van der Waals surface area contributed by atoms with Crippen LogP contribution in [0.5, 0.6) is 0 Å². The van der Waals surface area contributed by atoms with Gasteiger partial charge in [0.15, 0.2) is 5.82 Å². The number of carboxylic acid groups (broad SMARTS) is 1. The Labute approximate surface area is 120 Å². The molecular weight excluding hydrogens is 272 g/mol. The number of benzene rings is 1. The van der Waals surface area contributed by atoms with Gasteiger partial charge in [0.25, 0.3) is 0 Å². The molecule has 0 radical (unpaired) electrons. The third kappa shape index (κ3) is 2.58. The van der Waals surface area contributed by atoms with Gasteiger partial charge >= 0.3 is 12.0 Å². The SMILES string of the molecule is Cn1ccc(NC(=O)N2Cc3ccc(C(=O)O)cc3C2)n1. The van der Waals surface area contributed by atoms with E-state index in [1.165, 1.54) is 0 Å². The van der Waals surface area contributed by atoms with Crippen LogP contribution in [0.3, 0.4) is 0 Å². The van der Waals surface area contributed by atoms with E-state index in [0.717, 1.165) is 11.1 Å². The molecule has 0 atom stereocenters. The van der Waals surface area contributed by atoms with Crippen LogP contribution >= 0.6 is 0 Å². The molecule has 1 aromatic heterocycles. The number of urea groups is 1. The molecule has 7 nitrogen and oxygen atoms in total. The number of aromatic carboxylic acids is 1. The summed E-state index contributed by atoms with van der Waals surface area (Å²) in [4.78, 5) is 24.7. The zero-order valence-corrected chi connectivity index (χ0v) is 11.4. The minimum Gasteiger partial charge on any atom is -0.478 e. The number of aromatic nitrogens is 2. The highest BCUT2D eigenvalue weighted by molar-refractivity contribution is 5.90. The number of nitrogens with one attached hydrogen (secondary N) is 1. The molecular formula is C14H14N4O3. The smallest absolute Gasteiger partial charge is 0.335 e. The topological polar surface area (TPSA) is 87.5 Å². The molecule has 0 aliphatic carbocycles. The lowest BCUT2D eigenvalue weighted by Gasteiger charge is -2.15. The van der Waals surface area contributed by atoms with Crippen molar-refractivity contribution in [2.24, 2.45) is 7.05 Å². The van der Waals surface area contributed by atoms with Crippen molar-refractivity contribution in [1.29, 1.82) is 0 Å². The van der Waals surface area contributed by atoms with Gasteiger partial charge in [-0.25, -0.2) is 9.59 Å². The first-order valence-electron chi connectivity index (χ1n) is 6.43. The maximum absolute atomic E-state index is 12.2. The van der Waals surface area contributed by atoms with Crippen molar-refractivity contribution >= 4 is 17.8 Å². The summed E-state index contributed by atoms with van der Waals surface area (Å²) < 4.78 is 1.60. The number of anilines is 1. The van der Waals surface area contributed by atoms with Crippen LogP contribution in [0.2, 0.25) is 0 Å². The van der Waals surface area contributed by atoms with Gasteiger partial charge in [-0.1, -0.05) is 6.07 Å². The van der Waals surface area contributed by atoms with Crippen LogP contribution in [0, 0.1) is 0 Å². The molecule has 1 aliphatic rings. The van der Waals surface area contributed by atoms with Crippen molar-refractivity contribution in [3.63, 3.8) is 0 Å². The Morgan fingerprint density at radius 2 is 2.00 bits per heavy atom. The molecule has 0 unspecified atom stereocenters. The summed E-state index contributed by atoms with van der Waals surface area (Å²) in [6.45, 7) is 0.864. The lowest BCUT2D eigenvalue weighted by Crippen LogP contribution is -2.30. The van der Waals surface area contributed by atoms with E-state index in [-0.39, 0.29) is 11.6 Å². The van der Waals surface area contributed by atoms with Gasteiger partial charge in [-0.2, -0.15) is 5.10 Å². The Morgan fingerprint density at radius 1 is 1.24 bits per heavy atom. The Hall–Kier alpha value is -2.83. The second-order valence-corrected chi connectivity index (χ2v) is 4.95. The van der Waals surface area contributed by atoms with Crippen LogP contribution in [-0.2, 0) is 20.1 Å². The van der Waals surface area contributed by atoms with Crippen molar-refractivity contribution in [3.05, 3.63) is 47.2 Å². The first-order valence-corrected chi connectivity index (χ1v) is 6.43. The van der Waals surface area contributed by atoms with Gasteiger partial charge in [0.05, 0.1) is 5.56 Å². The number of aryl methyl sites for hydroxylation is 1. The Morgan fingerprint density at radius 3 is 2.67 bits per heavy atom. The molecule has 0 saturated heterocycles. The molecule has 0 spiro atoms. The van der Waals surface area contributed by atoms with E-state index in [4.69, 9.17) is 5.11 Å². The molecule has 1 aromatic carbocycles. The predicted octanol–water partition coefficient (Wildman–Crippen LogP) is 1.67. The summed E-state index contributed by atoms with van der Waals surface area (Å²) in [6, 6.07) is 6.39. The highest BCUT2D eigenvalue weighted by atomic mass is 16.4. The molecule has 0 fully saturated rings. The van der Waals surface area contributed by atoms with Crippen molar-refractivity contribution < 1.29 is 14.7 Å². The third-order valence-electron chi connectivity index (χ3n) is 3.41. The lowest BCUT2D eigenvalue weighted by molar-refractivity contribution is 0.0696. The van der Waals surface area contributed by atoms with E-state index in [1.807, 2.05) is 0 Å². The zero-order valence-electron chi connectivity index (χ0n) is 11.4. The average Bonchev–Trinajstić information content (AvgIpc) is 3.03. The first-order chi connectivity index (χ1) is 10.0. The largest absolute Gasteiger partial charge is 0.478 e. The van der Waals surface area contributed by atoms with Crippen molar-refractivity contribution in [3.8, 4) is 0 Å². The monoisotopic (exact) mass is 286 g/mol. The lowest BCUT2D eigenvalue weighted by atomic mass is 10.1. The summed E-state index contributed by atoms with van der Waals surface area (Å²) in [6.07, 6.45) is 1.74. The Balaban J connectivity index is 1.72. The minimum atomic E-state index is -0.964. The van der Waals surface area contributed by atoms with Gasteiger partial charge in [0, 0.05) is 32.4 Å². The fraction of sp³-hybridized carbons (Fsp3) is 0.214. The predicted molar refractivity (Wildman–Crippen MR) is 74.9 cm³/mol. The summed E-state index contributed by atoms with van der Waals surface area (Å²) >= 11 is 0. The molecule has 2 aromatic rings. The number of amides is 2. The molecule has 0 saturated carbocycles. The standard InChI is InChI=1S/C14H14N4O3/c1-17-5-4-12(16-17)15-14(21)18-7-10-3-2-9(13(19)20)6-11(10)8-18/h2-6H,7-8H2,1H3,(H,19,20)(H,15,16,21). The fourth-order valence-corrected chi connectivity index (χ4v) is 2.34. The van der Waals surface area contributed by atoms with Gasteiger partial charge < -0.3 is 10.0 Å². The molecule has 2 N–H and O–H groups in total. The van der Waals surface area contributed by atoms with Crippen LogP contribution < -0.4 is 5.32 Å². The fourth-order valence-electron chi connectivity index (χ4n) is 2.34. The molecule has 21 heavy (non-hydrogen) atoms. The number of rotatable bonds is 2. The van der Waals surface area contributed by atoms with E-state index in [9.17, 15) is 9.59 Å². The molecule has 0 bridgehead atoms. The molecule has 2 heterocycles. The van der Waals surface area contributed by atoms with Crippen LogP contribution in [0.1, 0.15) is 21.5 Å².